The zero-order valence-electron chi connectivity index (χ0n) is 53.2. The summed E-state index contributed by atoms with van der Waals surface area (Å²) in [5.41, 5.74) is 44.2. The molecule has 14 rings (SSSR count). The number of ether oxygens (including phenoxy) is 4. The molecule has 4 atom stereocenters. The zero-order valence-corrected chi connectivity index (χ0v) is 62.7. The number of nitrogens with one attached hydrogen (secondary N) is 8. The van der Waals surface area contributed by atoms with Crippen LogP contribution in [-0.2, 0) is 138 Å². The van der Waals surface area contributed by atoms with Crippen LogP contribution < -0.4 is 22.3 Å². The molecule has 101 heavy (non-hydrogen) atoms. The Kier molecular flexibility index (Phi) is 34.3. The van der Waals surface area contributed by atoms with Crippen molar-refractivity contribution in [1.82, 2.24) is 39.9 Å². The Balaban J connectivity index is 0.000000325. The minimum absolute atomic E-state index is 0. The summed E-state index contributed by atoms with van der Waals surface area (Å²) in [5.74, 6) is 0. The molecule has 0 fully saturated rings. The van der Waals surface area contributed by atoms with Crippen molar-refractivity contribution in [3.8, 4) is 67.3 Å². The molecule has 8 N–H and O–H groups in total. The molecule has 4 aromatic heterocycles. The smallest absolute Gasteiger partial charge is 0.632 e. The predicted octanol–water partition coefficient (Wildman–Crippen LogP) is 14.4. The van der Waals surface area contributed by atoms with Gasteiger partial charge in [-0.25, -0.2) is 44.0 Å². The van der Waals surface area contributed by atoms with Crippen LogP contribution in [0.5, 0.6) is 0 Å². The third-order valence-electron chi connectivity index (χ3n) is 15.1. The molecule has 0 bridgehead atoms. The van der Waals surface area contributed by atoms with E-state index < -0.39 is 24.4 Å². The fraction of sp³-hybridized carbons (Fsp3) is 0.130. The van der Waals surface area contributed by atoms with Crippen LogP contribution in [0.2, 0.25) is 0 Å². The molecular weight excluding hydrogens is 1520 g/mol. The van der Waals surface area contributed by atoms with Gasteiger partial charge in [0.15, 0.2) is 0 Å². The molecule has 508 valence electrons. The summed E-state index contributed by atoms with van der Waals surface area (Å²) >= 11 is 0. The van der Waals surface area contributed by atoms with Crippen molar-refractivity contribution in [2.75, 3.05) is 28.4 Å². The molecule has 24 nitrogen and oxygen atoms in total. The van der Waals surface area contributed by atoms with Crippen molar-refractivity contribution in [2.45, 2.75) is 33.1 Å². The number of aromatic amines is 4. The number of amides is 4. The SMILES string of the molecule is C.COC([NH-])=O.COC([NH-])=O.COC([NH-])=O.COC([NH-])=O.O=[C-]Pc1ncc(-c2ccc3cc(-c4ccc5c6c(ccc5c4)-c4nc(P[C-]=O)[nH]c4CC6)ccc3c2)[nH]1.O=[C-]Pc1ncc(-c2ccc3cc(-c4ccc5cc6c(cc5c4)CCc4[nH]c(P[C-]=O)nc4-6)ccc3c2)[nH]1.[V+2].[V+2].[V+2].[V+2]. The largest absolute Gasteiger partial charge is 2.00 e. The third-order valence-corrected chi connectivity index (χ3v) is 17.4. The van der Waals surface area contributed by atoms with Crippen LogP contribution in [0.1, 0.15) is 29.9 Å². The molecule has 0 saturated carbocycles. The number of nitrogens with zero attached hydrogens (tertiary/aromatic N) is 4. The Bertz CT molecular complexity index is 4680. The quantitative estimate of drug-likeness (QED) is 0.0501. The van der Waals surface area contributed by atoms with Gasteiger partial charge in [0.2, 0.25) is 24.4 Å². The number of hydrogen-bond donors (Lipinski definition) is 4. The number of benzene rings is 8. The van der Waals surface area contributed by atoms with Gasteiger partial charge in [-0.3, -0.25) is 19.2 Å². The second-order valence-electron chi connectivity index (χ2n) is 20.6. The van der Waals surface area contributed by atoms with Gasteiger partial charge >= 0.3 is 74.2 Å². The van der Waals surface area contributed by atoms with E-state index in [4.69, 9.17) is 32.9 Å². The number of carbonyl (C=O) groups is 4. The minimum atomic E-state index is -0.995. The van der Waals surface area contributed by atoms with E-state index in [1.807, 2.05) is 24.1 Å². The first-order valence-corrected chi connectivity index (χ1v) is 32.7. The number of hydrogen-bond acceptors (Lipinski definition) is 16. The van der Waals surface area contributed by atoms with E-state index in [0.717, 1.165) is 132 Å². The number of imidazole rings is 4. The van der Waals surface area contributed by atoms with Crippen LogP contribution >= 0.6 is 34.3 Å². The van der Waals surface area contributed by atoms with Crippen molar-refractivity contribution < 1.29 is 132 Å². The Morgan fingerprint density at radius 1 is 0.386 bits per heavy atom. The van der Waals surface area contributed by atoms with Crippen LogP contribution in [0.3, 0.4) is 0 Å². The molecule has 2 aliphatic rings. The summed E-state index contributed by atoms with van der Waals surface area (Å²) in [6.07, 6.45) is 3.22. The normalized spacial score (nSPS) is 11.1. The van der Waals surface area contributed by atoms with Crippen LogP contribution in [0.4, 0.5) is 19.2 Å². The first-order valence-electron chi connectivity index (χ1n) is 28.7. The van der Waals surface area contributed by atoms with Crippen LogP contribution in [-0.4, -0.2) is 117 Å². The molecule has 8 aromatic carbocycles. The van der Waals surface area contributed by atoms with Gasteiger partial charge in [0.1, 0.15) is 0 Å². The zero-order chi connectivity index (χ0) is 68.4. The maximum absolute atomic E-state index is 10.8. The van der Waals surface area contributed by atoms with E-state index in [2.05, 4.69) is 182 Å². The number of aromatic nitrogens is 8. The monoisotopic (exact) mass is 1580 g/mol. The molecule has 0 aliphatic heterocycles. The van der Waals surface area contributed by atoms with Crippen LogP contribution in [0, 0.1) is 0 Å². The average Bonchev–Trinajstić information content (AvgIpc) is 1.74. The number of aryl methyl sites for hydroxylation is 4. The first kappa shape index (κ1) is 84.9. The topological polar surface area (TPSA) is 383 Å². The summed E-state index contributed by atoms with van der Waals surface area (Å²) in [5, 5.41) is 9.45. The molecule has 4 amide bonds. The van der Waals surface area contributed by atoms with Crippen LogP contribution in [0.15, 0.2) is 146 Å². The van der Waals surface area contributed by atoms with Gasteiger partial charge in [-0.15, -0.1) is 0 Å². The summed E-state index contributed by atoms with van der Waals surface area (Å²) in [6.45, 7) is 0. The van der Waals surface area contributed by atoms with Crippen molar-refractivity contribution in [2.24, 2.45) is 0 Å². The number of H-pyrrole nitrogens is 4. The molecule has 4 radical (unpaired) electrons. The Hall–Kier alpha value is -8.54. The van der Waals surface area contributed by atoms with Gasteiger partial charge in [0.05, 0.1) is 85.9 Å². The number of rotatable bonds is 12. The first-order chi connectivity index (χ1) is 46.5. The summed E-state index contributed by atoms with van der Waals surface area (Å²) in [7, 11) is 4.35. The van der Waals surface area contributed by atoms with Gasteiger partial charge in [0.25, 0.3) is 0 Å². The molecule has 12 aromatic rings. The second kappa shape index (κ2) is 40.8. The summed E-state index contributed by atoms with van der Waals surface area (Å²) < 4.78 is 15.1. The van der Waals surface area contributed by atoms with E-state index in [9.17, 15) is 38.4 Å². The average molecular weight is 1580 g/mol. The minimum Gasteiger partial charge on any atom is -0.632 e. The third kappa shape index (κ3) is 22.0. The van der Waals surface area contributed by atoms with Gasteiger partial charge in [-0.2, -0.15) is 34.3 Å². The molecule has 32 heteroatoms. The molecule has 0 saturated heterocycles. The number of carbonyl (C=O) groups excluding carboxylic acids is 8. The maximum Gasteiger partial charge on any atom is 2.00 e. The Morgan fingerprint density at radius 3 is 1.12 bits per heavy atom. The Morgan fingerprint density at radius 2 is 0.713 bits per heavy atom. The van der Waals surface area contributed by atoms with Crippen molar-refractivity contribution in [3.05, 3.63) is 191 Å². The van der Waals surface area contributed by atoms with Crippen molar-refractivity contribution in [1.29, 1.82) is 0 Å². The van der Waals surface area contributed by atoms with E-state index in [1.54, 1.807) is 12.4 Å². The van der Waals surface area contributed by atoms with Crippen molar-refractivity contribution in [3.63, 3.8) is 0 Å². The van der Waals surface area contributed by atoms with E-state index in [-0.39, 0.29) is 116 Å². The van der Waals surface area contributed by atoms with Gasteiger partial charge < -0.3 is 81.0 Å². The Labute approximate surface area is 634 Å². The molecule has 4 heterocycles. The molecular formula is C69H60N12O12P4V4. The van der Waals surface area contributed by atoms with E-state index in [0.29, 0.717) is 22.3 Å². The number of methoxy groups -OCH3 is 4. The predicted molar refractivity (Wildman–Crippen MR) is 387 cm³/mol. The van der Waals surface area contributed by atoms with E-state index in [1.165, 1.54) is 54.9 Å². The summed E-state index contributed by atoms with van der Waals surface area (Å²) in [6, 6.07) is 55.6. The fourth-order valence-electron chi connectivity index (χ4n) is 10.7. The molecule has 2 aliphatic carbocycles. The summed E-state index contributed by atoms with van der Waals surface area (Å²) in [4.78, 5) is 111. The van der Waals surface area contributed by atoms with Crippen LogP contribution in [0.25, 0.3) is 133 Å². The van der Waals surface area contributed by atoms with Gasteiger partial charge in [0, 0.05) is 33.6 Å². The van der Waals surface area contributed by atoms with E-state index >= 15 is 0 Å². The number of fused-ring (bicyclic) bond motifs is 11. The second-order valence-corrected chi connectivity index (χ2v) is 24.4. The molecule has 4 unspecified atom stereocenters. The van der Waals surface area contributed by atoms with Gasteiger partial charge in [-0.1, -0.05) is 98.4 Å². The maximum atomic E-state index is 10.8. The molecule has 0 spiro atoms. The fourth-order valence-corrected chi connectivity index (χ4v) is 12.5. The standard InChI is InChI=1S/2C30H20N4O2P2.4C2H5NO2.CH4.4V/c35-15-37-29-31-14-27(33-29)22-4-3-18-11-17(1-2-19(18)13-22)20-5-7-23-21(12-20)6-8-25-24(23)9-10-26-28(25)34-30(32-26)38-16-36;35-15-37-29-31-14-27(33-29)23-6-5-18-9-17(1-2-19(18)10-23)20-3-4-21-13-25-22(12-24(21)11-20)7-8-26-28(25)34-30(32-26)38-16-36;4*1-5-2(3)4;;;;;/h1-8,11-14,37-38H,9-10H2,(H,31,33)(H,32,34);1-6,9-14,37-38H,7-8H2,(H,31,33)(H,32,34);4*1H3,(H2,3,4);1H4;;;;/q2*-2;;;;;;4*+2/p-4. The van der Waals surface area contributed by atoms with Gasteiger partial charge in [-0.05, 0) is 145 Å². The van der Waals surface area contributed by atoms with Crippen molar-refractivity contribution >= 4 is 148 Å².